The van der Waals surface area contributed by atoms with Gasteiger partial charge in [-0.15, -0.1) is 11.3 Å². The van der Waals surface area contributed by atoms with E-state index in [9.17, 15) is 9.18 Å². The van der Waals surface area contributed by atoms with Crippen molar-refractivity contribution in [2.45, 2.75) is 45.1 Å². The lowest BCUT2D eigenvalue weighted by Crippen LogP contribution is -2.41. The van der Waals surface area contributed by atoms with Gasteiger partial charge >= 0.3 is 6.09 Å². The smallest absolute Gasteiger partial charge is 0.410 e. The number of ether oxygens (including phenoxy) is 1. The Bertz CT molecular complexity index is 729. The van der Waals surface area contributed by atoms with Gasteiger partial charge in [-0.25, -0.2) is 14.2 Å². The Kier molecular flexibility index (Phi) is 5.08. The second-order valence-corrected chi connectivity index (χ2v) is 8.38. The largest absolute Gasteiger partial charge is 0.444 e. The van der Waals surface area contributed by atoms with Crippen molar-refractivity contribution in [1.29, 1.82) is 0 Å². The summed E-state index contributed by atoms with van der Waals surface area (Å²) in [5.74, 6) is 0.167. The molecule has 1 aromatic carbocycles. The van der Waals surface area contributed by atoms with Gasteiger partial charge in [0.05, 0.1) is 0 Å². The lowest BCUT2D eigenvalue weighted by Gasteiger charge is -2.33. The number of likely N-dealkylation sites (tertiary alicyclic amines) is 1. The third-order valence-electron chi connectivity index (χ3n) is 4.16. The summed E-state index contributed by atoms with van der Waals surface area (Å²) in [6.45, 7) is 7.04. The van der Waals surface area contributed by atoms with Gasteiger partial charge in [-0.3, -0.25) is 0 Å². The van der Waals surface area contributed by atoms with Crippen LogP contribution in [0.4, 0.5) is 9.18 Å². The molecule has 2 heterocycles. The number of amides is 1. The molecule has 1 aliphatic heterocycles. The third-order valence-corrected chi connectivity index (χ3v) is 5.37. The third kappa shape index (κ3) is 4.57. The van der Waals surface area contributed by atoms with Crippen molar-refractivity contribution in [2.75, 3.05) is 13.1 Å². The predicted molar refractivity (Wildman–Crippen MR) is 97.3 cm³/mol. The lowest BCUT2D eigenvalue weighted by molar-refractivity contribution is 0.0205. The highest BCUT2D eigenvalue weighted by Crippen LogP contribution is 2.35. The van der Waals surface area contributed by atoms with Crippen molar-refractivity contribution < 1.29 is 13.9 Å². The van der Waals surface area contributed by atoms with Gasteiger partial charge in [0.25, 0.3) is 0 Å². The van der Waals surface area contributed by atoms with E-state index >= 15 is 0 Å². The number of piperidine rings is 1. The Morgan fingerprint density at radius 3 is 2.48 bits per heavy atom. The van der Waals surface area contributed by atoms with Gasteiger partial charge < -0.3 is 9.64 Å². The summed E-state index contributed by atoms with van der Waals surface area (Å²) in [5, 5.41) is 0.907. The molecule has 0 radical (unpaired) electrons. The molecule has 134 valence electrons. The molecule has 1 aliphatic rings. The van der Waals surface area contributed by atoms with E-state index in [2.05, 4.69) is 4.98 Å². The molecule has 6 heteroatoms. The average Bonchev–Trinajstić information content (AvgIpc) is 3.04. The minimum Gasteiger partial charge on any atom is -0.444 e. The Labute approximate surface area is 151 Å². The van der Waals surface area contributed by atoms with E-state index in [1.54, 1.807) is 28.4 Å². The van der Waals surface area contributed by atoms with E-state index < -0.39 is 5.60 Å². The molecule has 1 amide bonds. The van der Waals surface area contributed by atoms with Gasteiger partial charge in [0.2, 0.25) is 0 Å². The van der Waals surface area contributed by atoms with Crippen LogP contribution in [0.25, 0.3) is 10.6 Å². The van der Waals surface area contributed by atoms with Crippen LogP contribution in [0.3, 0.4) is 0 Å². The molecule has 1 aromatic heterocycles. The van der Waals surface area contributed by atoms with Crippen LogP contribution in [-0.4, -0.2) is 34.7 Å². The molecule has 4 nitrogen and oxygen atoms in total. The Hall–Kier alpha value is -1.95. The number of aromatic nitrogens is 1. The van der Waals surface area contributed by atoms with E-state index in [-0.39, 0.29) is 11.9 Å². The molecule has 0 spiro atoms. The zero-order valence-corrected chi connectivity index (χ0v) is 15.6. The number of hydrogen-bond donors (Lipinski definition) is 0. The molecule has 0 saturated carbocycles. The van der Waals surface area contributed by atoms with E-state index in [0.29, 0.717) is 19.0 Å². The maximum atomic E-state index is 13.0. The number of hydrogen-bond acceptors (Lipinski definition) is 4. The highest BCUT2D eigenvalue weighted by atomic mass is 32.1. The fourth-order valence-electron chi connectivity index (χ4n) is 2.87. The Balaban J connectivity index is 1.60. The molecule has 0 bridgehead atoms. The molecular formula is C19H23FN2O2S. The topological polar surface area (TPSA) is 42.4 Å². The SMILES string of the molecule is CC(C)(C)OC(=O)N1CCC(c2cnc(-c3ccc(F)cc3)s2)CC1. The first kappa shape index (κ1) is 17.9. The number of carbonyl (C=O) groups excluding carboxylic acids is 1. The maximum absolute atomic E-state index is 13.0. The van der Waals surface area contributed by atoms with E-state index in [4.69, 9.17) is 4.74 Å². The summed E-state index contributed by atoms with van der Waals surface area (Å²) in [4.78, 5) is 19.6. The predicted octanol–water partition coefficient (Wildman–Crippen LogP) is 5.06. The number of nitrogens with zero attached hydrogens (tertiary/aromatic N) is 2. The molecular weight excluding hydrogens is 339 g/mol. The van der Waals surface area contributed by atoms with Crippen LogP contribution in [0.1, 0.15) is 44.4 Å². The summed E-state index contributed by atoms with van der Waals surface area (Å²) in [7, 11) is 0. The van der Waals surface area contributed by atoms with Crippen LogP contribution >= 0.6 is 11.3 Å². The van der Waals surface area contributed by atoms with Crippen LogP contribution < -0.4 is 0 Å². The molecule has 0 unspecified atom stereocenters. The molecule has 0 N–H and O–H groups in total. The molecule has 3 rings (SSSR count). The summed E-state index contributed by atoms with van der Waals surface area (Å²) >= 11 is 1.65. The fourth-order valence-corrected chi connectivity index (χ4v) is 3.96. The molecule has 0 atom stereocenters. The van der Waals surface area contributed by atoms with Crippen molar-refractivity contribution in [3.8, 4) is 10.6 Å². The number of carbonyl (C=O) groups is 1. The van der Waals surface area contributed by atoms with Crippen LogP contribution in [0.15, 0.2) is 30.5 Å². The maximum Gasteiger partial charge on any atom is 0.410 e. The second kappa shape index (κ2) is 7.12. The van der Waals surface area contributed by atoms with Crippen molar-refractivity contribution in [3.05, 3.63) is 41.2 Å². The van der Waals surface area contributed by atoms with Gasteiger partial charge in [0.1, 0.15) is 16.4 Å². The van der Waals surface area contributed by atoms with Gasteiger partial charge in [0, 0.05) is 29.7 Å². The number of benzene rings is 1. The summed E-state index contributed by atoms with van der Waals surface area (Å²) in [6, 6.07) is 6.41. The Morgan fingerprint density at radius 2 is 1.88 bits per heavy atom. The van der Waals surface area contributed by atoms with Gasteiger partial charge in [-0.1, -0.05) is 0 Å². The molecule has 0 aliphatic carbocycles. The molecule has 1 fully saturated rings. The van der Waals surface area contributed by atoms with E-state index in [1.165, 1.54) is 17.0 Å². The van der Waals surface area contributed by atoms with Crippen molar-refractivity contribution in [3.63, 3.8) is 0 Å². The highest BCUT2D eigenvalue weighted by Gasteiger charge is 2.28. The zero-order chi connectivity index (χ0) is 18.0. The monoisotopic (exact) mass is 362 g/mol. The summed E-state index contributed by atoms with van der Waals surface area (Å²) < 4.78 is 18.5. The zero-order valence-electron chi connectivity index (χ0n) is 14.8. The van der Waals surface area contributed by atoms with Gasteiger partial charge in [0.15, 0.2) is 0 Å². The van der Waals surface area contributed by atoms with Crippen LogP contribution in [0, 0.1) is 5.82 Å². The number of rotatable bonds is 2. The minimum absolute atomic E-state index is 0.234. The van der Waals surface area contributed by atoms with Crippen molar-refractivity contribution in [1.82, 2.24) is 9.88 Å². The standard InChI is InChI=1S/C19H23FN2O2S/c1-19(2,3)24-18(23)22-10-8-13(9-11-22)16-12-21-17(25-16)14-4-6-15(20)7-5-14/h4-7,12-13H,8-11H2,1-3H3. The first-order valence-electron chi connectivity index (χ1n) is 8.51. The molecule has 1 saturated heterocycles. The summed E-state index contributed by atoms with van der Waals surface area (Å²) in [6.07, 6.45) is 3.49. The van der Waals surface area contributed by atoms with E-state index in [0.717, 1.165) is 23.4 Å². The fraction of sp³-hybridized carbons (Fsp3) is 0.474. The molecule has 2 aromatic rings. The van der Waals surface area contributed by atoms with Gasteiger partial charge in [-0.2, -0.15) is 0 Å². The molecule has 25 heavy (non-hydrogen) atoms. The Morgan fingerprint density at radius 1 is 1.24 bits per heavy atom. The van der Waals surface area contributed by atoms with Crippen LogP contribution in [-0.2, 0) is 4.74 Å². The van der Waals surface area contributed by atoms with Crippen molar-refractivity contribution >= 4 is 17.4 Å². The van der Waals surface area contributed by atoms with Crippen LogP contribution in [0.2, 0.25) is 0 Å². The highest BCUT2D eigenvalue weighted by molar-refractivity contribution is 7.15. The quantitative estimate of drug-likeness (QED) is 0.749. The van der Waals surface area contributed by atoms with Crippen molar-refractivity contribution in [2.24, 2.45) is 0 Å². The lowest BCUT2D eigenvalue weighted by atomic mass is 9.96. The average molecular weight is 362 g/mol. The second-order valence-electron chi connectivity index (χ2n) is 7.32. The van der Waals surface area contributed by atoms with Crippen LogP contribution in [0.5, 0.6) is 0 Å². The summed E-state index contributed by atoms with van der Waals surface area (Å²) in [5.41, 5.74) is 0.471. The first-order chi connectivity index (χ1) is 11.8. The first-order valence-corrected chi connectivity index (χ1v) is 9.33. The van der Waals surface area contributed by atoms with E-state index in [1.807, 2.05) is 27.0 Å². The number of halogens is 1. The minimum atomic E-state index is -0.463. The van der Waals surface area contributed by atoms with Gasteiger partial charge in [-0.05, 0) is 63.8 Å². The number of thiazole rings is 1. The normalized spacial score (nSPS) is 16.1.